The Labute approximate surface area is 181 Å². The predicted molar refractivity (Wildman–Crippen MR) is 116 cm³/mol. The molecular weight excluding hydrogens is 478 g/mol. The van der Waals surface area contributed by atoms with Crippen LogP contribution in [-0.4, -0.2) is 31.5 Å². The second-order valence-electron chi connectivity index (χ2n) is 6.09. The summed E-state index contributed by atoms with van der Waals surface area (Å²) in [5, 5.41) is 8.73. The highest BCUT2D eigenvalue weighted by Gasteiger charge is 2.15. The molecule has 0 spiro atoms. The van der Waals surface area contributed by atoms with Gasteiger partial charge in [0.2, 0.25) is 11.8 Å². The number of carbonyl (C=O) groups is 1. The summed E-state index contributed by atoms with van der Waals surface area (Å²) in [4.78, 5) is 30.8. The van der Waals surface area contributed by atoms with Crippen LogP contribution in [0.3, 0.4) is 0 Å². The van der Waals surface area contributed by atoms with Crippen LogP contribution in [0.2, 0.25) is 0 Å². The lowest BCUT2D eigenvalue weighted by molar-refractivity contribution is -0.114. The second kappa shape index (κ2) is 8.09. The van der Waals surface area contributed by atoms with Gasteiger partial charge < -0.3 is 4.42 Å². The Morgan fingerprint density at radius 3 is 2.97 bits per heavy atom. The Morgan fingerprint density at radius 1 is 1.34 bits per heavy atom. The molecule has 4 aromatic rings. The van der Waals surface area contributed by atoms with Gasteiger partial charge in [-0.15, -0.1) is 21.5 Å². The molecule has 148 valence electrons. The first-order valence-corrected chi connectivity index (χ1v) is 11.0. The lowest BCUT2D eigenvalue weighted by Gasteiger charge is -2.06. The van der Waals surface area contributed by atoms with E-state index in [1.807, 2.05) is 38.1 Å². The van der Waals surface area contributed by atoms with Gasteiger partial charge in [0.25, 0.3) is 10.8 Å². The van der Waals surface area contributed by atoms with E-state index in [0.29, 0.717) is 16.1 Å². The zero-order valence-corrected chi connectivity index (χ0v) is 18.5. The third-order valence-corrected chi connectivity index (χ3v) is 6.57. The van der Waals surface area contributed by atoms with Crippen LogP contribution in [0.5, 0.6) is 0 Å². The molecule has 1 aromatic carbocycles. The van der Waals surface area contributed by atoms with Gasteiger partial charge in [-0.2, -0.15) is 0 Å². The largest absolute Gasteiger partial charge is 0.411 e. The molecule has 4 rings (SSSR count). The summed E-state index contributed by atoms with van der Waals surface area (Å²) in [5.74, 6) is -0.0138. The second-order valence-corrected chi connectivity index (χ2v) is 9.14. The molecule has 0 unspecified atom stereocenters. The van der Waals surface area contributed by atoms with E-state index in [-0.39, 0.29) is 22.4 Å². The topological polar surface area (TPSA) is 103 Å². The van der Waals surface area contributed by atoms with Crippen molar-refractivity contribution in [1.29, 1.82) is 0 Å². The fourth-order valence-electron chi connectivity index (χ4n) is 2.61. The van der Waals surface area contributed by atoms with Crippen molar-refractivity contribution in [3.05, 3.63) is 55.9 Å². The third kappa shape index (κ3) is 4.11. The van der Waals surface area contributed by atoms with E-state index in [2.05, 4.69) is 36.5 Å². The van der Waals surface area contributed by atoms with Gasteiger partial charge in [0.05, 0.1) is 11.1 Å². The Kier molecular flexibility index (Phi) is 5.52. The Balaban J connectivity index is 1.43. The highest BCUT2D eigenvalue weighted by atomic mass is 79.9. The number of nitrogens with one attached hydrogen (secondary N) is 1. The van der Waals surface area contributed by atoms with Crippen LogP contribution in [0.4, 0.5) is 0 Å². The molecule has 3 heterocycles. The first kappa shape index (κ1) is 19.8. The molecule has 8 nitrogen and oxygen atoms in total. The zero-order valence-electron chi connectivity index (χ0n) is 15.3. The van der Waals surface area contributed by atoms with Crippen LogP contribution in [0.15, 0.2) is 49.5 Å². The molecule has 3 aromatic heterocycles. The molecular formula is C18H14BrN5O3S2. The molecule has 0 bridgehead atoms. The SMILES string of the molecule is Cc1sc2ncn(NC(=O)CSc3nnc(-c4cccc(Br)c4)o3)c(=O)c2c1C. The number of hydrogen-bond donors (Lipinski definition) is 1. The minimum atomic E-state index is -0.384. The molecule has 0 saturated heterocycles. The molecule has 1 amide bonds. The third-order valence-electron chi connectivity index (χ3n) is 4.14. The van der Waals surface area contributed by atoms with E-state index in [1.165, 1.54) is 17.7 Å². The van der Waals surface area contributed by atoms with Gasteiger partial charge in [-0.25, -0.2) is 9.66 Å². The molecule has 0 fully saturated rings. The molecule has 0 aliphatic carbocycles. The van der Waals surface area contributed by atoms with Crippen LogP contribution in [-0.2, 0) is 4.79 Å². The maximum Gasteiger partial charge on any atom is 0.281 e. The molecule has 0 radical (unpaired) electrons. The normalized spacial score (nSPS) is 11.1. The Bertz CT molecular complexity index is 1280. The summed E-state index contributed by atoms with van der Waals surface area (Å²) in [6, 6.07) is 7.47. The molecule has 0 saturated carbocycles. The van der Waals surface area contributed by atoms with E-state index in [4.69, 9.17) is 4.42 Å². The average molecular weight is 492 g/mol. The van der Waals surface area contributed by atoms with E-state index < -0.39 is 0 Å². The smallest absolute Gasteiger partial charge is 0.281 e. The van der Waals surface area contributed by atoms with Crippen LogP contribution in [0.1, 0.15) is 10.4 Å². The maximum absolute atomic E-state index is 12.6. The van der Waals surface area contributed by atoms with Crippen molar-refractivity contribution >= 4 is 55.2 Å². The monoisotopic (exact) mass is 491 g/mol. The van der Waals surface area contributed by atoms with Crippen molar-refractivity contribution in [2.24, 2.45) is 0 Å². The molecule has 0 aliphatic rings. The van der Waals surface area contributed by atoms with Crippen molar-refractivity contribution in [2.45, 2.75) is 19.1 Å². The number of hydrogen-bond acceptors (Lipinski definition) is 8. The molecule has 0 atom stereocenters. The van der Waals surface area contributed by atoms with Gasteiger partial charge in [0, 0.05) is 14.9 Å². The summed E-state index contributed by atoms with van der Waals surface area (Å²) < 4.78 is 7.58. The molecule has 1 N–H and O–H groups in total. The van der Waals surface area contributed by atoms with Crippen molar-refractivity contribution in [2.75, 3.05) is 11.2 Å². The number of benzene rings is 1. The van der Waals surface area contributed by atoms with Crippen molar-refractivity contribution in [1.82, 2.24) is 19.9 Å². The average Bonchev–Trinajstić information content (AvgIpc) is 3.28. The standard InChI is InChI=1S/C18H14BrN5O3S2/c1-9-10(2)29-16-14(9)17(26)24(8-20-16)23-13(25)7-28-18-22-21-15(27-18)11-4-3-5-12(19)6-11/h3-6,8H,7H2,1-2H3,(H,23,25). The van der Waals surface area contributed by atoms with Crippen molar-refractivity contribution in [3.8, 4) is 11.5 Å². The summed E-state index contributed by atoms with van der Waals surface area (Å²) >= 11 is 5.94. The van der Waals surface area contributed by atoms with Gasteiger partial charge in [-0.3, -0.25) is 15.0 Å². The first-order valence-electron chi connectivity index (χ1n) is 8.42. The van der Waals surface area contributed by atoms with Crippen LogP contribution >= 0.6 is 39.0 Å². The van der Waals surface area contributed by atoms with E-state index >= 15 is 0 Å². The molecule has 11 heteroatoms. The lowest BCUT2D eigenvalue weighted by atomic mass is 10.2. The fourth-order valence-corrected chi connectivity index (χ4v) is 4.56. The number of aromatic nitrogens is 4. The number of rotatable bonds is 5. The lowest BCUT2D eigenvalue weighted by Crippen LogP contribution is -2.34. The van der Waals surface area contributed by atoms with Crippen LogP contribution in [0.25, 0.3) is 21.7 Å². The van der Waals surface area contributed by atoms with Gasteiger partial charge >= 0.3 is 0 Å². The van der Waals surface area contributed by atoms with Gasteiger partial charge in [0.1, 0.15) is 11.2 Å². The highest BCUT2D eigenvalue weighted by molar-refractivity contribution is 9.10. The van der Waals surface area contributed by atoms with Crippen LogP contribution < -0.4 is 11.0 Å². The summed E-state index contributed by atoms with van der Waals surface area (Å²) in [6.45, 7) is 3.81. The maximum atomic E-state index is 12.6. The predicted octanol–water partition coefficient (Wildman–Crippen LogP) is 3.75. The fraction of sp³-hybridized carbons (Fsp3) is 0.167. The Morgan fingerprint density at radius 2 is 2.17 bits per heavy atom. The van der Waals surface area contributed by atoms with E-state index in [0.717, 1.165) is 36.9 Å². The van der Waals surface area contributed by atoms with Crippen molar-refractivity contribution < 1.29 is 9.21 Å². The van der Waals surface area contributed by atoms with Gasteiger partial charge in [-0.1, -0.05) is 33.8 Å². The minimum absolute atomic E-state index is 0.00619. The van der Waals surface area contributed by atoms with Crippen molar-refractivity contribution in [3.63, 3.8) is 0 Å². The molecule has 0 aliphatic heterocycles. The number of thioether (sulfide) groups is 1. The number of nitrogens with zero attached hydrogens (tertiary/aromatic N) is 4. The number of carbonyl (C=O) groups excluding carboxylic acids is 1. The quantitative estimate of drug-likeness (QED) is 0.424. The van der Waals surface area contributed by atoms with Crippen LogP contribution in [0, 0.1) is 13.8 Å². The minimum Gasteiger partial charge on any atom is -0.411 e. The van der Waals surface area contributed by atoms with Gasteiger partial charge in [0.15, 0.2) is 0 Å². The number of thiophene rings is 1. The number of aryl methyl sites for hydroxylation is 2. The highest BCUT2D eigenvalue weighted by Crippen LogP contribution is 2.26. The zero-order chi connectivity index (χ0) is 20.5. The first-order chi connectivity index (χ1) is 13.9. The van der Waals surface area contributed by atoms with E-state index in [9.17, 15) is 9.59 Å². The van der Waals surface area contributed by atoms with E-state index in [1.54, 1.807) is 0 Å². The number of amides is 1. The van der Waals surface area contributed by atoms with Gasteiger partial charge in [-0.05, 0) is 37.6 Å². The summed E-state index contributed by atoms with van der Waals surface area (Å²) in [6.07, 6.45) is 1.32. The summed E-state index contributed by atoms with van der Waals surface area (Å²) in [7, 11) is 0. The number of halogens is 1. The number of fused-ring (bicyclic) bond motifs is 1. The summed E-state index contributed by atoms with van der Waals surface area (Å²) in [5.41, 5.74) is 3.90. The Hall–Kier alpha value is -2.50. The molecule has 29 heavy (non-hydrogen) atoms.